The first-order chi connectivity index (χ1) is 7.00. The van der Waals surface area contributed by atoms with Crippen molar-refractivity contribution in [3.05, 3.63) is 34.3 Å². The van der Waals surface area contributed by atoms with Crippen LogP contribution in [0.15, 0.2) is 28.7 Å². The van der Waals surface area contributed by atoms with Crippen molar-refractivity contribution < 1.29 is 5.11 Å². The van der Waals surface area contributed by atoms with Crippen LogP contribution in [-0.4, -0.2) is 11.1 Å². The van der Waals surface area contributed by atoms with E-state index in [2.05, 4.69) is 29.8 Å². The van der Waals surface area contributed by atoms with Gasteiger partial charge in [-0.25, -0.2) is 0 Å². The fraction of sp³-hybridized carbons (Fsp3) is 0.500. The zero-order chi connectivity index (χ0) is 11.4. The van der Waals surface area contributed by atoms with Crippen molar-refractivity contribution >= 4 is 15.9 Å². The summed E-state index contributed by atoms with van der Waals surface area (Å²) in [4.78, 5) is 0. The van der Waals surface area contributed by atoms with E-state index < -0.39 is 6.10 Å². The predicted molar refractivity (Wildman–Crippen MR) is 66.5 cm³/mol. The highest BCUT2D eigenvalue weighted by Gasteiger charge is 2.17. The molecule has 1 rings (SSSR count). The Morgan fingerprint density at radius 1 is 1.27 bits per heavy atom. The summed E-state index contributed by atoms with van der Waals surface area (Å²) < 4.78 is 1.01. The van der Waals surface area contributed by atoms with Gasteiger partial charge in [0.05, 0.1) is 6.10 Å². The lowest BCUT2D eigenvalue weighted by Crippen LogP contribution is -2.29. The Balaban J connectivity index is 2.67. The Morgan fingerprint density at radius 3 is 2.27 bits per heavy atom. The van der Waals surface area contributed by atoms with E-state index in [0.717, 1.165) is 16.5 Å². The number of halogens is 1. The van der Waals surface area contributed by atoms with Crippen molar-refractivity contribution in [1.82, 2.24) is 0 Å². The third-order valence-electron chi connectivity index (χ3n) is 2.36. The summed E-state index contributed by atoms with van der Waals surface area (Å²) in [6, 6.07) is 7.44. The molecule has 0 bridgehead atoms. The predicted octanol–water partition coefficient (Wildman–Crippen LogP) is 2.86. The minimum Gasteiger partial charge on any atom is -0.387 e. The number of aliphatic hydroxyl groups excluding tert-OH is 1. The number of hydrogen-bond acceptors (Lipinski definition) is 2. The molecule has 2 unspecified atom stereocenters. The van der Waals surface area contributed by atoms with Gasteiger partial charge in [-0.05, 0) is 30.0 Å². The third kappa shape index (κ3) is 3.93. The van der Waals surface area contributed by atoms with Gasteiger partial charge in [0.1, 0.15) is 0 Å². The van der Waals surface area contributed by atoms with Gasteiger partial charge in [-0.3, -0.25) is 0 Å². The van der Waals surface area contributed by atoms with E-state index >= 15 is 0 Å². The Morgan fingerprint density at radius 2 is 1.80 bits per heavy atom. The zero-order valence-electron chi connectivity index (χ0n) is 9.15. The molecule has 84 valence electrons. The molecule has 0 heterocycles. The summed E-state index contributed by atoms with van der Waals surface area (Å²) in [5.41, 5.74) is 6.81. The molecule has 15 heavy (non-hydrogen) atoms. The number of aliphatic hydroxyl groups is 1. The van der Waals surface area contributed by atoms with Crippen LogP contribution < -0.4 is 5.73 Å². The summed E-state index contributed by atoms with van der Waals surface area (Å²) in [6.45, 7) is 4.21. The summed E-state index contributed by atoms with van der Waals surface area (Å²) in [5, 5.41) is 9.99. The molecule has 0 aliphatic carbocycles. The second-order valence-electron chi connectivity index (χ2n) is 4.29. The molecular weight excluding hydrogens is 254 g/mol. The zero-order valence-corrected chi connectivity index (χ0v) is 10.7. The smallest absolute Gasteiger partial charge is 0.0940 e. The minimum atomic E-state index is -0.569. The van der Waals surface area contributed by atoms with Crippen LogP contribution in [0.25, 0.3) is 0 Å². The average Bonchev–Trinajstić information content (AvgIpc) is 2.17. The van der Waals surface area contributed by atoms with Gasteiger partial charge in [0.15, 0.2) is 0 Å². The average molecular weight is 272 g/mol. The molecule has 3 heteroatoms. The third-order valence-corrected chi connectivity index (χ3v) is 2.89. The minimum absolute atomic E-state index is 0.189. The lowest BCUT2D eigenvalue weighted by atomic mass is 9.95. The van der Waals surface area contributed by atoms with Gasteiger partial charge >= 0.3 is 0 Å². The van der Waals surface area contributed by atoms with Crippen LogP contribution in [0, 0.1) is 5.92 Å². The molecule has 3 N–H and O–H groups in total. The molecular formula is C12H18BrNO. The number of benzene rings is 1. The summed E-state index contributed by atoms with van der Waals surface area (Å²) in [7, 11) is 0. The molecule has 2 nitrogen and oxygen atoms in total. The maximum absolute atomic E-state index is 9.99. The van der Waals surface area contributed by atoms with E-state index in [0.29, 0.717) is 5.92 Å². The van der Waals surface area contributed by atoms with Crippen molar-refractivity contribution in [2.24, 2.45) is 11.7 Å². The first kappa shape index (κ1) is 12.7. The van der Waals surface area contributed by atoms with E-state index in [1.807, 2.05) is 24.3 Å². The van der Waals surface area contributed by atoms with Gasteiger partial charge < -0.3 is 10.8 Å². The van der Waals surface area contributed by atoms with Crippen LogP contribution in [0.2, 0.25) is 0 Å². The molecule has 1 aromatic carbocycles. The highest BCUT2D eigenvalue weighted by Crippen LogP contribution is 2.21. The van der Waals surface area contributed by atoms with E-state index in [1.165, 1.54) is 0 Å². The molecule has 0 radical (unpaired) electrons. The normalized spacial score (nSPS) is 15.3. The van der Waals surface area contributed by atoms with Gasteiger partial charge in [0, 0.05) is 10.5 Å². The Hall–Kier alpha value is -0.380. The standard InChI is InChI=1S/C12H18BrNO/c1-8(2)7-11(14)12(15)9-3-5-10(13)6-4-9/h3-6,8,11-12,15H,7,14H2,1-2H3. The summed E-state index contributed by atoms with van der Waals surface area (Å²) in [5.74, 6) is 0.505. The van der Waals surface area contributed by atoms with Crippen molar-refractivity contribution in [3.63, 3.8) is 0 Å². The van der Waals surface area contributed by atoms with Crippen LogP contribution >= 0.6 is 15.9 Å². The van der Waals surface area contributed by atoms with E-state index in [-0.39, 0.29) is 6.04 Å². The topological polar surface area (TPSA) is 46.2 Å². The fourth-order valence-electron chi connectivity index (χ4n) is 1.58. The van der Waals surface area contributed by atoms with Crippen molar-refractivity contribution in [2.75, 3.05) is 0 Å². The molecule has 0 aliphatic heterocycles. The molecule has 0 aromatic heterocycles. The quantitative estimate of drug-likeness (QED) is 0.885. The Bertz CT molecular complexity index is 297. The lowest BCUT2D eigenvalue weighted by Gasteiger charge is -2.20. The highest BCUT2D eigenvalue weighted by molar-refractivity contribution is 9.10. The van der Waals surface area contributed by atoms with Gasteiger partial charge in [-0.15, -0.1) is 0 Å². The maximum atomic E-state index is 9.99. The Kier molecular flexibility index (Phi) is 4.77. The molecule has 2 atom stereocenters. The number of hydrogen-bond donors (Lipinski definition) is 2. The molecule has 0 spiro atoms. The van der Waals surface area contributed by atoms with Crippen LogP contribution in [-0.2, 0) is 0 Å². The second kappa shape index (κ2) is 5.64. The van der Waals surface area contributed by atoms with E-state index in [4.69, 9.17) is 5.73 Å². The number of nitrogens with two attached hydrogens (primary N) is 1. The largest absolute Gasteiger partial charge is 0.387 e. The van der Waals surface area contributed by atoms with Crippen molar-refractivity contribution in [2.45, 2.75) is 32.4 Å². The van der Waals surface area contributed by atoms with Crippen molar-refractivity contribution in [3.8, 4) is 0 Å². The Labute approximate surface area is 99.6 Å². The molecule has 0 aliphatic rings. The van der Waals surface area contributed by atoms with Gasteiger partial charge in [-0.1, -0.05) is 41.9 Å². The summed E-state index contributed by atoms with van der Waals surface area (Å²) >= 11 is 3.36. The summed E-state index contributed by atoms with van der Waals surface area (Å²) in [6.07, 6.45) is 0.262. The van der Waals surface area contributed by atoms with Crippen molar-refractivity contribution in [1.29, 1.82) is 0 Å². The molecule has 0 fully saturated rings. The van der Waals surface area contributed by atoms with E-state index in [1.54, 1.807) is 0 Å². The molecule has 1 aromatic rings. The SMILES string of the molecule is CC(C)CC(N)C(O)c1ccc(Br)cc1. The van der Waals surface area contributed by atoms with Crippen LogP contribution in [0.3, 0.4) is 0 Å². The first-order valence-electron chi connectivity index (χ1n) is 5.20. The molecule has 0 saturated carbocycles. The van der Waals surface area contributed by atoms with Gasteiger partial charge in [0.2, 0.25) is 0 Å². The monoisotopic (exact) mass is 271 g/mol. The number of rotatable bonds is 4. The fourth-order valence-corrected chi connectivity index (χ4v) is 1.84. The lowest BCUT2D eigenvalue weighted by molar-refractivity contribution is 0.136. The van der Waals surface area contributed by atoms with E-state index in [9.17, 15) is 5.11 Å². The van der Waals surface area contributed by atoms with Crippen LogP contribution in [0.1, 0.15) is 31.9 Å². The maximum Gasteiger partial charge on any atom is 0.0940 e. The first-order valence-corrected chi connectivity index (χ1v) is 5.99. The van der Waals surface area contributed by atoms with Gasteiger partial charge in [0.25, 0.3) is 0 Å². The van der Waals surface area contributed by atoms with Crippen LogP contribution in [0.5, 0.6) is 0 Å². The highest BCUT2D eigenvalue weighted by atomic mass is 79.9. The van der Waals surface area contributed by atoms with Gasteiger partial charge in [-0.2, -0.15) is 0 Å². The molecule has 0 amide bonds. The van der Waals surface area contributed by atoms with Crippen LogP contribution in [0.4, 0.5) is 0 Å². The molecule has 0 saturated heterocycles. The second-order valence-corrected chi connectivity index (χ2v) is 5.21.